The topological polar surface area (TPSA) is 29.9 Å². The van der Waals surface area contributed by atoms with Gasteiger partial charge in [-0.3, -0.25) is 0 Å². The predicted molar refractivity (Wildman–Crippen MR) is 59.1 cm³/mol. The SMILES string of the molecule is C=C(C)CCC(NC)c1cncn1C. The summed E-state index contributed by atoms with van der Waals surface area (Å²) >= 11 is 0. The Hall–Kier alpha value is -1.09. The molecule has 0 aliphatic carbocycles. The molecule has 14 heavy (non-hydrogen) atoms. The summed E-state index contributed by atoms with van der Waals surface area (Å²) in [4.78, 5) is 4.12. The van der Waals surface area contributed by atoms with Crippen molar-refractivity contribution in [1.82, 2.24) is 14.9 Å². The third-order valence-corrected chi connectivity index (χ3v) is 2.42. The van der Waals surface area contributed by atoms with Gasteiger partial charge in [0.05, 0.1) is 12.0 Å². The molecule has 0 aliphatic rings. The van der Waals surface area contributed by atoms with E-state index in [1.807, 2.05) is 26.6 Å². The summed E-state index contributed by atoms with van der Waals surface area (Å²) in [7, 11) is 4.00. The highest BCUT2D eigenvalue weighted by molar-refractivity contribution is 5.05. The Kier molecular flexibility index (Phi) is 3.89. The molecule has 0 aromatic carbocycles. The number of rotatable bonds is 5. The van der Waals surface area contributed by atoms with E-state index in [0.29, 0.717) is 6.04 Å². The molecule has 1 rings (SSSR count). The minimum absolute atomic E-state index is 0.374. The summed E-state index contributed by atoms with van der Waals surface area (Å²) in [5, 5.41) is 3.30. The molecule has 0 saturated heterocycles. The summed E-state index contributed by atoms with van der Waals surface area (Å²) in [6.07, 6.45) is 5.88. The average Bonchev–Trinajstić information content (AvgIpc) is 2.53. The van der Waals surface area contributed by atoms with Gasteiger partial charge < -0.3 is 9.88 Å². The number of nitrogens with one attached hydrogen (secondary N) is 1. The first-order valence-corrected chi connectivity index (χ1v) is 4.93. The van der Waals surface area contributed by atoms with Crippen molar-refractivity contribution in [1.29, 1.82) is 0 Å². The molecule has 0 aliphatic heterocycles. The van der Waals surface area contributed by atoms with E-state index in [0.717, 1.165) is 12.8 Å². The van der Waals surface area contributed by atoms with Gasteiger partial charge in [-0.25, -0.2) is 4.98 Å². The lowest BCUT2D eigenvalue weighted by atomic mass is 10.1. The van der Waals surface area contributed by atoms with Crippen molar-refractivity contribution in [3.8, 4) is 0 Å². The Morgan fingerprint density at radius 2 is 2.43 bits per heavy atom. The summed E-state index contributed by atoms with van der Waals surface area (Å²) < 4.78 is 2.06. The largest absolute Gasteiger partial charge is 0.336 e. The van der Waals surface area contributed by atoms with Gasteiger partial charge in [-0.05, 0) is 26.8 Å². The molecule has 3 nitrogen and oxygen atoms in total. The maximum absolute atomic E-state index is 4.12. The molecule has 1 aromatic heterocycles. The molecule has 3 heteroatoms. The first kappa shape index (κ1) is 11.0. The first-order valence-electron chi connectivity index (χ1n) is 4.93. The van der Waals surface area contributed by atoms with Crippen LogP contribution in [0.25, 0.3) is 0 Å². The van der Waals surface area contributed by atoms with E-state index >= 15 is 0 Å². The van der Waals surface area contributed by atoms with Crippen molar-refractivity contribution in [3.63, 3.8) is 0 Å². The van der Waals surface area contributed by atoms with E-state index in [9.17, 15) is 0 Å². The summed E-state index contributed by atoms with van der Waals surface area (Å²) in [6, 6.07) is 0.374. The second-order valence-corrected chi connectivity index (χ2v) is 3.77. The van der Waals surface area contributed by atoms with Gasteiger partial charge in [-0.15, -0.1) is 6.58 Å². The molecule has 0 fully saturated rings. The second kappa shape index (κ2) is 4.96. The van der Waals surface area contributed by atoms with Crippen molar-refractivity contribution < 1.29 is 0 Å². The van der Waals surface area contributed by atoms with Gasteiger partial charge in [0, 0.05) is 19.3 Å². The molecule has 78 valence electrons. The van der Waals surface area contributed by atoms with E-state index in [1.54, 1.807) is 0 Å². The van der Waals surface area contributed by atoms with Gasteiger partial charge in [0.2, 0.25) is 0 Å². The van der Waals surface area contributed by atoms with Gasteiger partial charge in [0.25, 0.3) is 0 Å². The van der Waals surface area contributed by atoms with Crippen LogP contribution in [0.3, 0.4) is 0 Å². The van der Waals surface area contributed by atoms with Crippen LogP contribution in [0.2, 0.25) is 0 Å². The molecule has 1 N–H and O–H groups in total. The van der Waals surface area contributed by atoms with Gasteiger partial charge >= 0.3 is 0 Å². The van der Waals surface area contributed by atoms with Crippen LogP contribution in [-0.2, 0) is 7.05 Å². The number of aromatic nitrogens is 2. The number of hydrogen-bond acceptors (Lipinski definition) is 2. The molecule has 1 atom stereocenters. The Balaban J connectivity index is 2.63. The van der Waals surface area contributed by atoms with Gasteiger partial charge in [-0.2, -0.15) is 0 Å². The molecule has 0 spiro atoms. The Labute approximate surface area is 85.8 Å². The van der Waals surface area contributed by atoms with E-state index in [1.165, 1.54) is 11.3 Å². The van der Waals surface area contributed by atoms with Gasteiger partial charge in [0.1, 0.15) is 0 Å². The number of nitrogens with zero attached hydrogens (tertiary/aromatic N) is 2. The van der Waals surface area contributed by atoms with Crippen molar-refractivity contribution in [2.24, 2.45) is 7.05 Å². The lowest BCUT2D eigenvalue weighted by Crippen LogP contribution is -2.18. The number of imidazole rings is 1. The lowest BCUT2D eigenvalue weighted by Gasteiger charge is -2.16. The Bertz CT molecular complexity index is 301. The van der Waals surface area contributed by atoms with Crippen LogP contribution < -0.4 is 5.32 Å². The highest BCUT2D eigenvalue weighted by Crippen LogP contribution is 2.18. The summed E-state index contributed by atoms with van der Waals surface area (Å²) in [6.45, 7) is 5.98. The molecule has 0 saturated carbocycles. The minimum atomic E-state index is 0.374. The van der Waals surface area contributed by atoms with E-state index in [-0.39, 0.29) is 0 Å². The maximum atomic E-state index is 4.12. The molecule has 1 unspecified atom stereocenters. The lowest BCUT2D eigenvalue weighted by molar-refractivity contribution is 0.519. The number of hydrogen-bond donors (Lipinski definition) is 1. The molecule has 0 radical (unpaired) electrons. The van der Waals surface area contributed by atoms with Crippen LogP contribution in [-0.4, -0.2) is 16.6 Å². The Morgan fingerprint density at radius 1 is 1.71 bits per heavy atom. The fourth-order valence-electron chi connectivity index (χ4n) is 1.53. The number of allylic oxidation sites excluding steroid dienone is 1. The fourth-order valence-corrected chi connectivity index (χ4v) is 1.53. The molecular weight excluding hydrogens is 174 g/mol. The minimum Gasteiger partial charge on any atom is -0.336 e. The quantitative estimate of drug-likeness (QED) is 0.725. The van der Waals surface area contributed by atoms with Crippen molar-refractivity contribution in [3.05, 3.63) is 30.4 Å². The smallest absolute Gasteiger partial charge is 0.0946 e. The third-order valence-electron chi connectivity index (χ3n) is 2.42. The normalized spacial score (nSPS) is 12.8. The number of aryl methyl sites for hydroxylation is 1. The molecule has 1 aromatic rings. The molecule has 1 heterocycles. The monoisotopic (exact) mass is 193 g/mol. The summed E-state index contributed by atoms with van der Waals surface area (Å²) in [5.41, 5.74) is 2.46. The summed E-state index contributed by atoms with van der Waals surface area (Å²) in [5.74, 6) is 0. The predicted octanol–water partition coefficient (Wildman–Crippen LogP) is 2.04. The van der Waals surface area contributed by atoms with Crippen LogP contribution >= 0.6 is 0 Å². The van der Waals surface area contributed by atoms with Crippen molar-refractivity contribution in [2.45, 2.75) is 25.8 Å². The van der Waals surface area contributed by atoms with Gasteiger partial charge in [0.15, 0.2) is 0 Å². The maximum Gasteiger partial charge on any atom is 0.0946 e. The molecular formula is C11H19N3. The van der Waals surface area contributed by atoms with E-state index in [4.69, 9.17) is 0 Å². The van der Waals surface area contributed by atoms with Crippen LogP contribution in [0, 0.1) is 0 Å². The highest BCUT2D eigenvalue weighted by Gasteiger charge is 2.11. The average molecular weight is 193 g/mol. The highest BCUT2D eigenvalue weighted by atomic mass is 15.1. The van der Waals surface area contributed by atoms with Crippen LogP contribution in [0.1, 0.15) is 31.5 Å². The zero-order valence-electron chi connectivity index (χ0n) is 9.25. The third kappa shape index (κ3) is 2.70. The van der Waals surface area contributed by atoms with Crippen LogP contribution in [0.4, 0.5) is 0 Å². The van der Waals surface area contributed by atoms with Crippen molar-refractivity contribution in [2.75, 3.05) is 7.05 Å². The second-order valence-electron chi connectivity index (χ2n) is 3.77. The fraction of sp³-hybridized carbons (Fsp3) is 0.545. The van der Waals surface area contributed by atoms with Crippen LogP contribution in [0.5, 0.6) is 0 Å². The molecule has 0 bridgehead atoms. The van der Waals surface area contributed by atoms with Gasteiger partial charge in [-0.1, -0.05) is 5.57 Å². The van der Waals surface area contributed by atoms with Crippen molar-refractivity contribution >= 4 is 0 Å². The van der Waals surface area contributed by atoms with Crippen LogP contribution in [0.15, 0.2) is 24.7 Å². The zero-order valence-corrected chi connectivity index (χ0v) is 9.25. The molecule has 0 amide bonds. The standard InChI is InChI=1S/C11H19N3/c1-9(2)5-6-10(12-3)11-7-13-8-14(11)4/h7-8,10,12H,1,5-6H2,2-4H3. The van der Waals surface area contributed by atoms with E-state index in [2.05, 4.69) is 28.4 Å². The first-order chi connectivity index (χ1) is 6.65. The Morgan fingerprint density at radius 3 is 2.86 bits per heavy atom. The zero-order chi connectivity index (χ0) is 10.6. The van der Waals surface area contributed by atoms with E-state index < -0.39 is 0 Å².